The number of hydrogen-bond donors (Lipinski definition) is 3. The summed E-state index contributed by atoms with van der Waals surface area (Å²) in [7, 11) is 0. The Balaban J connectivity index is 1.14. The van der Waals surface area contributed by atoms with Gasteiger partial charge in [-0.25, -0.2) is 4.39 Å². The predicted octanol–water partition coefficient (Wildman–Crippen LogP) is 4.02. The fraction of sp³-hybridized carbons (Fsp3) is 0.486. The molecule has 11 heteroatoms. The molecule has 0 aromatic heterocycles. The Morgan fingerprint density at radius 2 is 1.81 bits per heavy atom. The Morgan fingerprint density at radius 1 is 0.979 bits per heavy atom. The highest BCUT2D eigenvalue weighted by Gasteiger charge is 2.38. The van der Waals surface area contributed by atoms with Gasteiger partial charge in [0, 0.05) is 63.8 Å². The fourth-order valence-electron chi connectivity index (χ4n) is 6.82. The van der Waals surface area contributed by atoms with Crippen molar-refractivity contribution in [3.8, 4) is 11.5 Å². The first kappa shape index (κ1) is 34.0. The third-order valence-electron chi connectivity index (χ3n) is 9.23. The number of esters is 1. The van der Waals surface area contributed by atoms with Crippen LogP contribution in [0.1, 0.15) is 42.7 Å². The van der Waals surface area contributed by atoms with Crippen LogP contribution in [0.3, 0.4) is 0 Å². The van der Waals surface area contributed by atoms with E-state index in [9.17, 15) is 19.4 Å². The SMILES string of the molecule is O=C(CCCO)OC1CNCC(OCc2ccc3c(c2)N(CCCO)CCO3)C1c1ccc(OC2CCN(c3cccc(F)c3)C2)cc1. The molecule has 10 nitrogen and oxygen atoms in total. The number of fused-ring (bicyclic) bond motifs is 1. The van der Waals surface area contributed by atoms with Crippen molar-refractivity contribution in [2.75, 3.05) is 68.9 Å². The van der Waals surface area contributed by atoms with Gasteiger partial charge in [0.05, 0.1) is 31.5 Å². The number of ether oxygens (including phenoxy) is 4. The maximum Gasteiger partial charge on any atom is 0.306 e. The average Bonchev–Trinajstić information content (AvgIpc) is 3.58. The molecular weight excluding hydrogens is 617 g/mol. The van der Waals surface area contributed by atoms with Crippen LogP contribution in [0.2, 0.25) is 0 Å². The van der Waals surface area contributed by atoms with Crippen molar-refractivity contribution in [1.82, 2.24) is 5.32 Å². The second-order valence-corrected chi connectivity index (χ2v) is 12.6. The van der Waals surface area contributed by atoms with E-state index in [1.165, 1.54) is 6.07 Å². The van der Waals surface area contributed by atoms with E-state index in [0.29, 0.717) is 45.7 Å². The largest absolute Gasteiger partial charge is 0.490 e. The number of nitrogens with one attached hydrogen (secondary N) is 1. The lowest BCUT2D eigenvalue weighted by Crippen LogP contribution is -2.51. The first-order valence-corrected chi connectivity index (χ1v) is 17.0. The summed E-state index contributed by atoms with van der Waals surface area (Å²) in [4.78, 5) is 17.1. The minimum atomic E-state index is -0.456. The number of carbonyl (C=O) groups excluding carboxylic acids is 1. The maximum atomic E-state index is 13.8. The number of piperidine rings is 1. The zero-order valence-corrected chi connectivity index (χ0v) is 27.3. The summed E-state index contributed by atoms with van der Waals surface area (Å²) in [6.45, 7) is 5.10. The number of hydrogen-bond acceptors (Lipinski definition) is 10. The van der Waals surface area contributed by atoms with Gasteiger partial charge in [0.1, 0.15) is 36.1 Å². The maximum absolute atomic E-state index is 13.8. The summed E-state index contributed by atoms with van der Waals surface area (Å²) in [6.07, 6.45) is 1.27. The van der Waals surface area contributed by atoms with Crippen molar-refractivity contribution in [3.05, 3.63) is 83.7 Å². The van der Waals surface area contributed by atoms with Crippen LogP contribution >= 0.6 is 0 Å². The van der Waals surface area contributed by atoms with E-state index in [1.807, 2.05) is 42.5 Å². The summed E-state index contributed by atoms with van der Waals surface area (Å²) in [6, 6.07) is 20.7. The normalized spacial score (nSPS) is 22.2. The summed E-state index contributed by atoms with van der Waals surface area (Å²) in [5, 5.41) is 22.0. The third-order valence-corrected chi connectivity index (χ3v) is 9.23. The van der Waals surface area contributed by atoms with E-state index < -0.39 is 6.10 Å². The van der Waals surface area contributed by atoms with Crippen molar-refractivity contribution in [2.24, 2.45) is 0 Å². The molecule has 6 rings (SSSR count). The molecule has 2 fully saturated rings. The van der Waals surface area contributed by atoms with Gasteiger partial charge in [-0.15, -0.1) is 0 Å². The monoisotopic (exact) mass is 663 g/mol. The smallest absolute Gasteiger partial charge is 0.306 e. The molecule has 0 spiro atoms. The van der Waals surface area contributed by atoms with E-state index in [2.05, 4.69) is 21.2 Å². The van der Waals surface area contributed by atoms with E-state index in [0.717, 1.165) is 60.1 Å². The Hall–Kier alpha value is -3.90. The molecule has 0 aliphatic carbocycles. The van der Waals surface area contributed by atoms with E-state index >= 15 is 0 Å². The number of aliphatic hydroxyl groups is 2. The highest BCUT2D eigenvalue weighted by molar-refractivity contribution is 5.69. The van der Waals surface area contributed by atoms with Crippen LogP contribution in [0.4, 0.5) is 15.8 Å². The molecule has 3 aromatic rings. The van der Waals surface area contributed by atoms with Crippen LogP contribution in [0.25, 0.3) is 0 Å². The third kappa shape index (κ3) is 8.57. The van der Waals surface area contributed by atoms with Crippen LogP contribution in [0, 0.1) is 5.82 Å². The second kappa shape index (κ2) is 16.5. The number of halogens is 1. The zero-order valence-electron chi connectivity index (χ0n) is 27.3. The van der Waals surface area contributed by atoms with Crippen LogP contribution in [-0.4, -0.2) is 93.6 Å². The van der Waals surface area contributed by atoms with Gasteiger partial charge in [0.2, 0.25) is 0 Å². The predicted molar refractivity (Wildman–Crippen MR) is 180 cm³/mol. The van der Waals surface area contributed by atoms with Gasteiger partial charge in [-0.2, -0.15) is 0 Å². The van der Waals surface area contributed by atoms with Crippen molar-refractivity contribution in [3.63, 3.8) is 0 Å². The molecule has 0 saturated carbocycles. The van der Waals surface area contributed by atoms with Gasteiger partial charge in [0.15, 0.2) is 0 Å². The van der Waals surface area contributed by atoms with E-state index in [4.69, 9.17) is 18.9 Å². The molecule has 2 saturated heterocycles. The molecule has 3 N–H and O–H groups in total. The molecular formula is C37H46FN3O7. The quantitative estimate of drug-likeness (QED) is 0.219. The van der Waals surface area contributed by atoms with Crippen LogP contribution in [0.5, 0.6) is 11.5 Å². The molecule has 3 heterocycles. The summed E-state index contributed by atoms with van der Waals surface area (Å²) in [5.74, 6) is 0.757. The topological polar surface area (TPSA) is 113 Å². The molecule has 258 valence electrons. The fourth-order valence-corrected chi connectivity index (χ4v) is 6.82. The van der Waals surface area contributed by atoms with E-state index in [1.54, 1.807) is 12.1 Å². The molecule has 4 unspecified atom stereocenters. The van der Waals surface area contributed by atoms with Crippen molar-refractivity contribution in [1.29, 1.82) is 0 Å². The van der Waals surface area contributed by atoms with E-state index in [-0.39, 0.29) is 49.5 Å². The van der Waals surface area contributed by atoms with Crippen LogP contribution < -0.4 is 24.6 Å². The molecule has 0 radical (unpaired) electrons. The first-order valence-electron chi connectivity index (χ1n) is 17.0. The highest BCUT2D eigenvalue weighted by Crippen LogP contribution is 2.35. The number of benzene rings is 3. The standard InChI is InChI=1S/C37H46FN3O7/c38-28-4-1-5-29(21-28)41-15-13-31(24-41)47-30-10-8-27(9-11-30)37-34(22-39-23-35(37)48-36(44)6-2-17-42)46-25-26-7-12-33-32(20-26)40(14-3-18-43)16-19-45-33/h1,4-5,7-12,20-21,31,34-35,37,39,42-43H,2-3,6,13-19,22-25H2. The molecule has 3 aliphatic rings. The molecule has 0 bridgehead atoms. The average molecular weight is 664 g/mol. The number of anilines is 2. The number of nitrogens with zero attached hydrogens (tertiary/aromatic N) is 2. The van der Waals surface area contributed by atoms with Crippen LogP contribution in [-0.2, 0) is 20.9 Å². The minimum absolute atomic E-state index is 0.0177. The first-order chi connectivity index (χ1) is 23.5. The molecule has 3 aromatic carbocycles. The van der Waals surface area contributed by atoms with Crippen molar-refractivity contribution >= 4 is 17.3 Å². The van der Waals surface area contributed by atoms with Gasteiger partial charge in [-0.1, -0.05) is 24.3 Å². The Bertz CT molecular complexity index is 1490. The van der Waals surface area contributed by atoms with Gasteiger partial charge < -0.3 is 44.3 Å². The summed E-state index contributed by atoms with van der Waals surface area (Å²) < 4.78 is 38.5. The van der Waals surface area contributed by atoms with Gasteiger partial charge in [-0.05, 0) is 66.4 Å². The lowest BCUT2D eigenvalue weighted by atomic mass is 9.85. The molecule has 3 aliphatic heterocycles. The molecule has 48 heavy (non-hydrogen) atoms. The van der Waals surface area contributed by atoms with Gasteiger partial charge in [-0.3, -0.25) is 4.79 Å². The van der Waals surface area contributed by atoms with Gasteiger partial charge >= 0.3 is 5.97 Å². The summed E-state index contributed by atoms with van der Waals surface area (Å²) >= 11 is 0. The molecule has 0 amide bonds. The van der Waals surface area contributed by atoms with Crippen molar-refractivity contribution in [2.45, 2.75) is 56.5 Å². The lowest BCUT2D eigenvalue weighted by Gasteiger charge is -2.38. The Morgan fingerprint density at radius 3 is 2.62 bits per heavy atom. The Labute approximate surface area is 281 Å². The van der Waals surface area contributed by atoms with Crippen molar-refractivity contribution < 1.29 is 38.3 Å². The highest BCUT2D eigenvalue weighted by atomic mass is 19.1. The number of aliphatic hydroxyl groups excluding tert-OH is 2. The minimum Gasteiger partial charge on any atom is -0.490 e. The van der Waals surface area contributed by atoms with Crippen LogP contribution in [0.15, 0.2) is 66.7 Å². The summed E-state index contributed by atoms with van der Waals surface area (Å²) in [5.41, 5.74) is 3.84. The van der Waals surface area contributed by atoms with Gasteiger partial charge in [0.25, 0.3) is 0 Å². The molecule has 4 atom stereocenters. The zero-order chi connectivity index (χ0) is 33.3. The number of rotatable bonds is 14. The number of carbonyl (C=O) groups is 1. The Kier molecular flexibility index (Phi) is 11.7. The second-order valence-electron chi connectivity index (χ2n) is 12.6. The lowest BCUT2D eigenvalue weighted by molar-refractivity contribution is -0.154.